The van der Waals surface area contributed by atoms with Crippen LogP contribution in [0.4, 0.5) is 0 Å². The number of amides is 2. The first-order valence-corrected chi connectivity index (χ1v) is 11.3. The van der Waals surface area contributed by atoms with Crippen LogP contribution in [-0.2, 0) is 19.6 Å². The summed E-state index contributed by atoms with van der Waals surface area (Å²) in [6, 6.07) is 8.66. The zero-order chi connectivity index (χ0) is 21.3. The van der Waals surface area contributed by atoms with Gasteiger partial charge in [0.1, 0.15) is 6.04 Å². The van der Waals surface area contributed by atoms with Crippen molar-refractivity contribution in [2.24, 2.45) is 0 Å². The van der Waals surface area contributed by atoms with Crippen molar-refractivity contribution in [1.82, 2.24) is 19.8 Å². The number of carbonyl (C=O) groups excluding carboxylic acids is 2. The quantitative estimate of drug-likeness (QED) is 0.608. The molecule has 1 atom stereocenters. The Morgan fingerprint density at radius 3 is 2.41 bits per heavy atom. The van der Waals surface area contributed by atoms with E-state index in [0.717, 1.165) is 12.0 Å². The molecule has 1 heterocycles. The summed E-state index contributed by atoms with van der Waals surface area (Å²) in [4.78, 5) is 25.9. The SMILES string of the molecule is CCCNC(=O)[C@H](C)NC(=O)CN1CCN(S(=O)(=O)/C=C/c2ccccc2)CC1. The Kier molecular flexibility index (Phi) is 8.81. The molecule has 2 rings (SSSR count). The van der Waals surface area contributed by atoms with Gasteiger partial charge in [0, 0.05) is 38.1 Å². The fourth-order valence-electron chi connectivity index (χ4n) is 2.91. The molecule has 1 aromatic carbocycles. The Balaban J connectivity index is 1.78. The number of carbonyl (C=O) groups is 2. The number of hydrogen-bond donors (Lipinski definition) is 2. The van der Waals surface area contributed by atoms with Crippen molar-refractivity contribution in [3.8, 4) is 0 Å². The largest absolute Gasteiger partial charge is 0.354 e. The minimum absolute atomic E-state index is 0.138. The van der Waals surface area contributed by atoms with E-state index in [4.69, 9.17) is 0 Å². The van der Waals surface area contributed by atoms with Crippen molar-refractivity contribution in [1.29, 1.82) is 0 Å². The highest BCUT2D eigenvalue weighted by atomic mass is 32.2. The van der Waals surface area contributed by atoms with E-state index in [1.165, 1.54) is 9.71 Å². The van der Waals surface area contributed by atoms with E-state index in [1.807, 2.05) is 42.2 Å². The number of nitrogens with zero attached hydrogens (tertiary/aromatic N) is 2. The second kappa shape index (κ2) is 11.1. The molecule has 0 saturated carbocycles. The maximum atomic E-state index is 12.5. The van der Waals surface area contributed by atoms with Crippen molar-refractivity contribution >= 4 is 27.9 Å². The predicted octanol–water partition coefficient (Wildman–Crippen LogP) is 0.636. The number of benzene rings is 1. The first kappa shape index (κ1) is 23.1. The van der Waals surface area contributed by atoms with Crippen LogP contribution >= 0.6 is 0 Å². The van der Waals surface area contributed by atoms with Crippen LogP contribution in [0, 0.1) is 0 Å². The number of rotatable bonds is 9. The molecule has 1 aliphatic heterocycles. The van der Waals surface area contributed by atoms with E-state index in [2.05, 4.69) is 10.6 Å². The molecule has 0 spiro atoms. The predicted molar refractivity (Wildman–Crippen MR) is 113 cm³/mol. The maximum absolute atomic E-state index is 12.5. The summed E-state index contributed by atoms with van der Waals surface area (Å²) in [6.45, 7) is 5.88. The normalized spacial score (nSPS) is 17.2. The molecule has 1 aromatic rings. The van der Waals surface area contributed by atoms with Gasteiger partial charge in [-0.3, -0.25) is 14.5 Å². The lowest BCUT2D eigenvalue weighted by Gasteiger charge is -2.33. The van der Waals surface area contributed by atoms with Gasteiger partial charge in [0.2, 0.25) is 21.8 Å². The number of sulfonamides is 1. The molecule has 0 radical (unpaired) electrons. The van der Waals surface area contributed by atoms with Gasteiger partial charge >= 0.3 is 0 Å². The molecule has 1 saturated heterocycles. The fourth-order valence-corrected chi connectivity index (χ4v) is 4.09. The second-order valence-corrected chi connectivity index (χ2v) is 8.83. The average molecular weight is 423 g/mol. The summed E-state index contributed by atoms with van der Waals surface area (Å²) in [7, 11) is -3.50. The Hall–Kier alpha value is -2.23. The Morgan fingerprint density at radius 1 is 1.14 bits per heavy atom. The fraction of sp³-hybridized carbons (Fsp3) is 0.500. The van der Waals surface area contributed by atoms with Gasteiger partial charge in [-0.05, 0) is 25.0 Å². The van der Waals surface area contributed by atoms with Crippen molar-refractivity contribution in [3.05, 3.63) is 41.3 Å². The monoisotopic (exact) mass is 422 g/mol. The zero-order valence-corrected chi connectivity index (χ0v) is 17.8. The van der Waals surface area contributed by atoms with Crippen molar-refractivity contribution in [3.63, 3.8) is 0 Å². The first-order valence-electron chi connectivity index (χ1n) is 9.84. The molecule has 9 heteroatoms. The number of hydrogen-bond acceptors (Lipinski definition) is 5. The molecule has 2 amide bonds. The van der Waals surface area contributed by atoms with Crippen LogP contribution in [0.25, 0.3) is 6.08 Å². The molecule has 1 aliphatic rings. The minimum atomic E-state index is -3.50. The third-order valence-electron chi connectivity index (χ3n) is 4.61. The van der Waals surface area contributed by atoms with Gasteiger partial charge in [0.05, 0.1) is 6.54 Å². The molecular weight excluding hydrogens is 392 g/mol. The van der Waals surface area contributed by atoms with Gasteiger partial charge < -0.3 is 10.6 Å². The minimum Gasteiger partial charge on any atom is -0.354 e. The van der Waals surface area contributed by atoms with Gasteiger partial charge in [0.25, 0.3) is 0 Å². The standard InChI is InChI=1S/C20H30N4O4S/c1-3-10-21-20(26)17(2)22-19(25)16-23-11-13-24(14-12-23)29(27,28)15-9-18-7-5-4-6-8-18/h4-9,15,17H,3,10-14,16H2,1-2H3,(H,21,26)(H,22,25)/b15-9+/t17-/m0/s1. The summed E-state index contributed by atoms with van der Waals surface area (Å²) >= 11 is 0. The van der Waals surface area contributed by atoms with Crippen LogP contribution in [0.15, 0.2) is 35.7 Å². The lowest BCUT2D eigenvalue weighted by atomic mass is 10.2. The maximum Gasteiger partial charge on any atom is 0.242 e. The smallest absolute Gasteiger partial charge is 0.242 e. The van der Waals surface area contributed by atoms with Crippen LogP contribution in [-0.4, -0.2) is 74.7 Å². The van der Waals surface area contributed by atoms with Gasteiger partial charge in [-0.2, -0.15) is 4.31 Å². The number of nitrogens with one attached hydrogen (secondary N) is 2. The third-order valence-corrected chi connectivity index (χ3v) is 6.18. The molecule has 8 nitrogen and oxygen atoms in total. The van der Waals surface area contributed by atoms with Crippen molar-refractivity contribution in [2.45, 2.75) is 26.3 Å². The van der Waals surface area contributed by atoms with Crippen LogP contribution in [0.5, 0.6) is 0 Å². The summed E-state index contributed by atoms with van der Waals surface area (Å²) in [5.41, 5.74) is 0.823. The highest BCUT2D eigenvalue weighted by molar-refractivity contribution is 7.92. The van der Waals surface area contributed by atoms with Crippen LogP contribution in [0.2, 0.25) is 0 Å². The number of piperazine rings is 1. The van der Waals surface area contributed by atoms with Gasteiger partial charge in [-0.25, -0.2) is 8.42 Å². The Bertz CT molecular complexity index is 803. The van der Waals surface area contributed by atoms with E-state index in [-0.39, 0.29) is 18.4 Å². The van der Waals surface area contributed by atoms with Crippen LogP contribution in [0.1, 0.15) is 25.8 Å². The van der Waals surface area contributed by atoms with Gasteiger partial charge in [-0.1, -0.05) is 37.3 Å². The molecule has 0 aromatic heterocycles. The highest BCUT2D eigenvalue weighted by Gasteiger charge is 2.26. The average Bonchev–Trinajstić information content (AvgIpc) is 2.71. The molecule has 0 bridgehead atoms. The van der Waals surface area contributed by atoms with Crippen molar-refractivity contribution < 1.29 is 18.0 Å². The van der Waals surface area contributed by atoms with Gasteiger partial charge in [0.15, 0.2) is 0 Å². The Morgan fingerprint density at radius 2 is 1.79 bits per heavy atom. The lowest BCUT2D eigenvalue weighted by molar-refractivity contribution is -0.129. The molecule has 1 fully saturated rings. The van der Waals surface area contributed by atoms with E-state index in [0.29, 0.717) is 32.7 Å². The topological polar surface area (TPSA) is 98.8 Å². The molecular formula is C20H30N4O4S. The molecule has 2 N–H and O–H groups in total. The Labute approximate surface area is 173 Å². The van der Waals surface area contributed by atoms with E-state index >= 15 is 0 Å². The van der Waals surface area contributed by atoms with E-state index in [9.17, 15) is 18.0 Å². The summed E-state index contributed by atoms with van der Waals surface area (Å²) in [6.07, 6.45) is 2.42. The lowest BCUT2D eigenvalue weighted by Crippen LogP contribution is -2.52. The summed E-state index contributed by atoms with van der Waals surface area (Å²) in [5, 5.41) is 6.64. The van der Waals surface area contributed by atoms with Crippen molar-refractivity contribution in [2.75, 3.05) is 39.3 Å². The highest BCUT2D eigenvalue weighted by Crippen LogP contribution is 2.11. The first-order chi connectivity index (χ1) is 13.8. The van der Waals surface area contributed by atoms with E-state index in [1.54, 1.807) is 13.0 Å². The summed E-state index contributed by atoms with van der Waals surface area (Å²) < 4.78 is 26.4. The molecule has 160 valence electrons. The molecule has 0 unspecified atom stereocenters. The van der Waals surface area contributed by atoms with Gasteiger partial charge in [-0.15, -0.1) is 0 Å². The second-order valence-electron chi connectivity index (χ2n) is 7.01. The van der Waals surface area contributed by atoms with E-state index < -0.39 is 16.1 Å². The summed E-state index contributed by atoms with van der Waals surface area (Å²) in [5.74, 6) is -0.453. The molecule has 29 heavy (non-hydrogen) atoms. The third kappa shape index (κ3) is 7.60. The van der Waals surface area contributed by atoms with Crippen LogP contribution in [0.3, 0.4) is 0 Å². The molecule has 0 aliphatic carbocycles. The zero-order valence-electron chi connectivity index (χ0n) is 17.0. The van der Waals surface area contributed by atoms with Crippen LogP contribution < -0.4 is 10.6 Å².